The van der Waals surface area contributed by atoms with Gasteiger partial charge in [0.15, 0.2) is 5.82 Å². The molecule has 2 aromatic carbocycles. The molecule has 0 N–H and O–H groups in total. The SMILES string of the molecule is CCCc1nnc(SCc2ccc(Br)cc2)n1/N=C/c1cccc(OC)c1. The molecule has 0 unspecified atom stereocenters. The summed E-state index contributed by atoms with van der Waals surface area (Å²) in [5.41, 5.74) is 2.20. The first-order valence-electron chi connectivity index (χ1n) is 8.69. The van der Waals surface area contributed by atoms with Crippen molar-refractivity contribution in [1.82, 2.24) is 14.9 Å². The van der Waals surface area contributed by atoms with E-state index in [0.717, 1.165) is 45.4 Å². The molecule has 27 heavy (non-hydrogen) atoms. The maximum absolute atomic E-state index is 5.27. The lowest BCUT2D eigenvalue weighted by molar-refractivity contribution is 0.414. The van der Waals surface area contributed by atoms with Gasteiger partial charge in [-0.3, -0.25) is 0 Å². The highest BCUT2D eigenvalue weighted by atomic mass is 79.9. The fourth-order valence-electron chi connectivity index (χ4n) is 2.46. The number of rotatable bonds is 8. The molecule has 3 rings (SSSR count). The molecular weight excluding hydrogens is 424 g/mol. The summed E-state index contributed by atoms with van der Waals surface area (Å²) < 4.78 is 8.19. The van der Waals surface area contributed by atoms with Gasteiger partial charge in [0.2, 0.25) is 5.16 Å². The largest absolute Gasteiger partial charge is 0.497 e. The Morgan fingerprint density at radius 3 is 2.74 bits per heavy atom. The molecule has 7 heteroatoms. The summed E-state index contributed by atoms with van der Waals surface area (Å²) in [6.45, 7) is 2.12. The van der Waals surface area contributed by atoms with Crippen LogP contribution in [0.15, 0.2) is 63.3 Å². The van der Waals surface area contributed by atoms with E-state index in [-0.39, 0.29) is 0 Å². The molecule has 0 aliphatic heterocycles. The van der Waals surface area contributed by atoms with Crippen LogP contribution < -0.4 is 4.74 Å². The number of ether oxygens (including phenoxy) is 1. The Morgan fingerprint density at radius 2 is 2.00 bits per heavy atom. The van der Waals surface area contributed by atoms with E-state index < -0.39 is 0 Å². The number of hydrogen-bond acceptors (Lipinski definition) is 5. The minimum atomic E-state index is 0.792. The van der Waals surface area contributed by atoms with Crippen molar-refractivity contribution in [3.63, 3.8) is 0 Å². The van der Waals surface area contributed by atoms with Crippen molar-refractivity contribution in [3.8, 4) is 5.75 Å². The van der Waals surface area contributed by atoms with Gasteiger partial charge in [-0.2, -0.15) is 9.78 Å². The third kappa shape index (κ3) is 5.43. The Balaban J connectivity index is 1.80. The fraction of sp³-hybridized carbons (Fsp3) is 0.250. The number of aromatic nitrogens is 3. The fourth-order valence-corrected chi connectivity index (χ4v) is 3.58. The summed E-state index contributed by atoms with van der Waals surface area (Å²) in [5, 5.41) is 14.1. The predicted molar refractivity (Wildman–Crippen MR) is 114 cm³/mol. The first-order chi connectivity index (χ1) is 13.2. The van der Waals surface area contributed by atoms with Gasteiger partial charge in [0.25, 0.3) is 0 Å². The molecule has 0 aliphatic rings. The van der Waals surface area contributed by atoms with Crippen LogP contribution in [0.1, 0.15) is 30.3 Å². The van der Waals surface area contributed by atoms with Crippen LogP contribution >= 0.6 is 27.7 Å². The molecule has 0 fully saturated rings. The highest BCUT2D eigenvalue weighted by Crippen LogP contribution is 2.23. The zero-order chi connectivity index (χ0) is 19.1. The molecule has 0 spiro atoms. The average Bonchev–Trinajstić information content (AvgIpc) is 3.08. The lowest BCUT2D eigenvalue weighted by Crippen LogP contribution is -2.00. The molecule has 0 saturated heterocycles. The molecule has 0 bridgehead atoms. The highest BCUT2D eigenvalue weighted by Gasteiger charge is 2.11. The highest BCUT2D eigenvalue weighted by molar-refractivity contribution is 9.10. The van der Waals surface area contributed by atoms with Gasteiger partial charge in [-0.15, -0.1) is 10.2 Å². The number of thioether (sulfide) groups is 1. The lowest BCUT2D eigenvalue weighted by Gasteiger charge is -2.05. The second-order valence-corrected chi connectivity index (χ2v) is 7.76. The van der Waals surface area contributed by atoms with E-state index in [1.54, 1.807) is 18.9 Å². The molecule has 5 nitrogen and oxygen atoms in total. The van der Waals surface area contributed by atoms with E-state index in [2.05, 4.69) is 50.3 Å². The van der Waals surface area contributed by atoms with Crippen molar-refractivity contribution in [2.24, 2.45) is 5.10 Å². The lowest BCUT2D eigenvalue weighted by atomic mass is 10.2. The van der Waals surface area contributed by atoms with Crippen LogP contribution in [0, 0.1) is 0 Å². The van der Waals surface area contributed by atoms with E-state index in [0.29, 0.717) is 0 Å². The number of methoxy groups -OCH3 is 1. The molecule has 0 atom stereocenters. The molecule has 140 valence electrons. The van der Waals surface area contributed by atoms with Gasteiger partial charge in [0.05, 0.1) is 13.3 Å². The number of nitrogens with zero attached hydrogens (tertiary/aromatic N) is 4. The zero-order valence-corrected chi connectivity index (χ0v) is 17.7. The van der Waals surface area contributed by atoms with Crippen molar-refractivity contribution < 1.29 is 4.74 Å². The standard InChI is InChI=1S/C20H21BrN4OS/c1-3-5-19-23-24-20(27-14-15-8-10-17(21)11-9-15)25(19)22-13-16-6-4-7-18(12-16)26-2/h4,6-13H,3,5,14H2,1-2H3/b22-13+. The van der Waals surface area contributed by atoms with Crippen molar-refractivity contribution in [2.75, 3.05) is 7.11 Å². The van der Waals surface area contributed by atoms with Crippen molar-refractivity contribution in [3.05, 3.63) is 70.0 Å². The smallest absolute Gasteiger partial charge is 0.212 e. The van der Waals surface area contributed by atoms with Crippen molar-refractivity contribution >= 4 is 33.9 Å². The molecule has 1 heterocycles. The average molecular weight is 445 g/mol. The number of aryl methyl sites for hydroxylation is 1. The van der Waals surface area contributed by atoms with Crippen LogP contribution in [0.2, 0.25) is 0 Å². The summed E-state index contributed by atoms with van der Waals surface area (Å²) in [4.78, 5) is 0. The van der Waals surface area contributed by atoms with Gasteiger partial charge >= 0.3 is 0 Å². The molecule has 1 aromatic heterocycles. The van der Waals surface area contributed by atoms with Gasteiger partial charge in [-0.1, -0.05) is 58.9 Å². The molecule has 0 saturated carbocycles. The van der Waals surface area contributed by atoms with Gasteiger partial charge in [0, 0.05) is 16.6 Å². The molecule has 0 amide bonds. The van der Waals surface area contributed by atoms with Gasteiger partial charge in [-0.25, -0.2) is 0 Å². The van der Waals surface area contributed by atoms with E-state index in [1.807, 2.05) is 47.3 Å². The van der Waals surface area contributed by atoms with Crippen LogP contribution in [0.5, 0.6) is 5.75 Å². The predicted octanol–water partition coefficient (Wildman–Crippen LogP) is 5.18. The third-order valence-corrected chi connectivity index (χ3v) is 5.37. The minimum Gasteiger partial charge on any atom is -0.497 e. The second kappa shape index (κ2) is 9.71. The number of hydrogen-bond donors (Lipinski definition) is 0. The minimum absolute atomic E-state index is 0.792. The summed E-state index contributed by atoms with van der Waals surface area (Å²) in [7, 11) is 1.66. The summed E-state index contributed by atoms with van der Waals surface area (Å²) in [5.74, 6) is 2.49. The number of benzene rings is 2. The normalized spacial score (nSPS) is 11.2. The maximum Gasteiger partial charge on any atom is 0.212 e. The van der Waals surface area contributed by atoms with E-state index >= 15 is 0 Å². The van der Waals surface area contributed by atoms with Crippen LogP contribution in [-0.4, -0.2) is 28.2 Å². The summed E-state index contributed by atoms with van der Waals surface area (Å²) >= 11 is 5.10. The van der Waals surface area contributed by atoms with E-state index in [4.69, 9.17) is 4.74 Å². The number of halogens is 1. The molecule has 0 aliphatic carbocycles. The first kappa shape index (κ1) is 19.6. The summed E-state index contributed by atoms with van der Waals surface area (Å²) in [6.07, 6.45) is 3.64. The Labute approximate surface area is 172 Å². The van der Waals surface area contributed by atoms with Gasteiger partial charge in [0.1, 0.15) is 5.75 Å². The van der Waals surface area contributed by atoms with Crippen LogP contribution in [-0.2, 0) is 12.2 Å². The van der Waals surface area contributed by atoms with Crippen molar-refractivity contribution in [1.29, 1.82) is 0 Å². The summed E-state index contributed by atoms with van der Waals surface area (Å²) in [6, 6.07) is 16.1. The third-order valence-electron chi connectivity index (χ3n) is 3.85. The van der Waals surface area contributed by atoms with Gasteiger partial charge < -0.3 is 4.74 Å². The molecular formula is C20H21BrN4OS. The first-order valence-corrected chi connectivity index (χ1v) is 10.5. The Hall–Kier alpha value is -2.12. The van der Waals surface area contributed by atoms with E-state index in [9.17, 15) is 0 Å². The Kier molecular flexibility index (Phi) is 7.06. The Bertz CT molecular complexity index is 909. The quantitative estimate of drug-likeness (QED) is 0.354. The molecule has 0 radical (unpaired) electrons. The van der Waals surface area contributed by atoms with Crippen LogP contribution in [0.25, 0.3) is 0 Å². The van der Waals surface area contributed by atoms with E-state index in [1.165, 1.54) is 5.56 Å². The zero-order valence-electron chi connectivity index (χ0n) is 15.3. The maximum atomic E-state index is 5.27. The van der Waals surface area contributed by atoms with Crippen LogP contribution in [0.4, 0.5) is 0 Å². The Morgan fingerprint density at radius 1 is 1.19 bits per heavy atom. The van der Waals surface area contributed by atoms with Crippen LogP contribution in [0.3, 0.4) is 0 Å². The van der Waals surface area contributed by atoms with Gasteiger partial charge in [-0.05, 0) is 41.8 Å². The monoisotopic (exact) mass is 444 g/mol. The molecule has 3 aromatic rings. The topological polar surface area (TPSA) is 52.3 Å². The second-order valence-electron chi connectivity index (χ2n) is 5.90. The van der Waals surface area contributed by atoms with Crippen molar-refractivity contribution in [2.45, 2.75) is 30.7 Å².